The standard InChI is InChI=1S/C16H17N5O3S/c1-11(14-4-3-9-24-14)17-15(22)10-25-16-18-19-20-21(16)12-5-7-13(23-2)8-6-12/h3-9,11H,10H2,1-2H3,(H,17,22)/t11-/m0/s1. The number of tetrazole rings is 1. The van der Waals surface area contributed by atoms with Crippen molar-refractivity contribution in [3.8, 4) is 11.4 Å². The molecule has 1 amide bonds. The Hall–Kier alpha value is -2.81. The van der Waals surface area contributed by atoms with Crippen LogP contribution in [0.2, 0.25) is 0 Å². The van der Waals surface area contributed by atoms with Crippen molar-refractivity contribution < 1.29 is 13.9 Å². The third-order valence-electron chi connectivity index (χ3n) is 3.44. The summed E-state index contributed by atoms with van der Waals surface area (Å²) in [5, 5.41) is 15.0. The fourth-order valence-corrected chi connectivity index (χ4v) is 2.88. The first-order chi connectivity index (χ1) is 12.2. The van der Waals surface area contributed by atoms with Gasteiger partial charge >= 0.3 is 0 Å². The quantitative estimate of drug-likeness (QED) is 0.646. The lowest BCUT2D eigenvalue weighted by Crippen LogP contribution is -2.28. The summed E-state index contributed by atoms with van der Waals surface area (Å²) in [5.41, 5.74) is 0.790. The Morgan fingerprint density at radius 3 is 2.84 bits per heavy atom. The molecule has 0 aliphatic heterocycles. The van der Waals surface area contributed by atoms with Gasteiger partial charge in [-0.25, -0.2) is 0 Å². The molecule has 0 radical (unpaired) electrons. The number of benzene rings is 1. The van der Waals surface area contributed by atoms with E-state index in [2.05, 4.69) is 20.8 Å². The van der Waals surface area contributed by atoms with Crippen LogP contribution in [0.4, 0.5) is 0 Å². The van der Waals surface area contributed by atoms with Crippen LogP contribution in [0.25, 0.3) is 5.69 Å². The molecule has 1 aromatic carbocycles. The number of ether oxygens (including phenoxy) is 1. The summed E-state index contributed by atoms with van der Waals surface area (Å²) >= 11 is 1.26. The number of carbonyl (C=O) groups excluding carboxylic acids is 1. The van der Waals surface area contributed by atoms with Crippen LogP contribution in [0.15, 0.2) is 52.2 Å². The molecule has 2 heterocycles. The highest BCUT2D eigenvalue weighted by Gasteiger charge is 2.15. The number of methoxy groups -OCH3 is 1. The average Bonchev–Trinajstić information content (AvgIpc) is 3.31. The van der Waals surface area contributed by atoms with Crippen LogP contribution in [-0.4, -0.2) is 39.0 Å². The SMILES string of the molecule is COc1ccc(-n2nnnc2SCC(=O)N[C@@H](C)c2ccco2)cc1. The highest BCUT2D eigenvalue weighted by molar-refractivity contribution is 7.99. The summed E-state index contributed by atoms with van der Waals surface area (Å²) in [6.45, 7) is 1.86. The van der Waals surface area contributed by atoms with Gasteiger partial charge in [0.25, 0.3) is 0 Å². The largest absolute Gasteiger partial charge is 0.497 e. The number of amides is 1. The Bertz CT molecular complexity index is 817. The fourth-order valence-electron chi connectivity index (χ4n) is 2.18. The molecule has 1 N–H and O–H groups in total. The van der Waals surface area contributed by atoms with E-state index in [0.717, 1.165) is 11.4 Å². The molecule has 0 aliphatic carbocycles. The van der Waals surface area contributed by atoms with Crippen molar-refractivity contribution in [3.63, 3.8) is 0 Å². The maximum atomic E-state index is 12.1. The van der Waals surface area contributed by atoms with Crippen molar-refractivity contribution in [2.45, 2.75) is 18.1 Å². The molecule has 8 nitrogen and oxygen atoms in total. The number of aromatic nitrogens is 4. The van der Waals surface area contributed by atoms with Gasteiger partial charge in [0.05, 0.1) is 30.9 Å². The monoisotopic (exact) mass is 359 g/mol. The summed E-state index contributed by atoms with van der Waals surface area (Å²) in [7, 11) is 1.61. The van der Waals surface area contributed by atoms with Crippen LogP contribution in [0, 0.1) is 0 Å². The molecule has 0 saturated carbocycles. The van der Waals surface area contributed by atoms with Gasteiger partial charge in [-0.05, 0) is 53.7 Å². The molecule has 0 fully saturated rings. The Balaban J connectivity index is 1.60. The molecule has 2 aromatic heterocycles. The smallest absolute Gasteiger partial charge is 0.231 e. The van der Waals surface area contributed by atoms with E-state index in [4.69, 9.17) is 9.15 Å². The number of hydrogen-bond acceptors (Lipinski definition) is 7. The van der Waals surface area contributed by atoms with Gasteiger partial charge in [0.15, 0.2) is 0 Å². The van der Waals surface area contributed by atoms with E-state index >= 15 is 0 Å². The van der Waals surface area contributed by atoms with Crippen LogP contribution in [0.3, 0.4) is 0 Å². The molecule has 0 saturated heterocycles. The maximum absolute atomic E-state index is 12.1. The van der Waals surface area contributed by atoms with Gasteiger partial charge in [-0.1, -0.05) is 11.8 Å². The zero-order valence-electron chi connectivity index (χ0n) is 13.7. The molecule has 3 aromatic rings. The highest BCUT2D eigenvalue weighted by atomic mass is 32.2. The minimum Gasteiger partial charge on any atom is -0.497 e. The number of carbonyl (C=O) groups is 1. The summed E-state index contributed by atoms with van der Waals surface area (Å²) in [6, 6.07) is 10.8. The van der Waals surface area contributed by atoms with Gasteiger partial charge in [-0.2, -0.15) is 4.68 Å². The van der Waals surface area contributed by atoms with Crippen molar-refractivity contribution in [2.75, 3.05) is 12.9 Å². The van der Waals surface area contributed by atoms with Gasteiger partial charge in [0, 0.05) is 0 Å². The Morgan fingerprint density at radius 1 is 1.36 bits per heavy atom. The van der Waals surface area contributed by atoms with Crippen LogP contribution in [0.5, 0.6) is 5.75 Å². The molecular weight excluding hydrogens is 342 g/mol. The molecule has 3 rings (SSSR count). The van der Waals surface area contributed by atoms with Gasteiger partial charge < -0.3 is 14.5 Å². The lowest BCUT2D eigenvalue weighted by atomic mass is 10.2. The van der Waals surface area contributed by atoms with Crippen molar-refractivity contribution in [1.82, 2.24) is 25.5 Å². The second-order valence-corrected chi connectivity index (χ2v) is 6.11. The third kappa shape index (κ3) is 4.18. The molecule has 1 atom stereocenters. The minimum atomic E-state index is -0.194. The third-order valence-corrected chi connectivity index (χ3v) is 4.36. The number of thioether (sulfide) groups is 1. The molecule has 25 heavy (non-hydrogen) atoms. The topological polar surface area (TPSA) is 95.1 Å². The highest BCUT2D eigenvalue weighted by Crippen LogP contribution is 2.20. The summed E-state index contributed by atoms with van der Waals surface area (Å²) in [5.74, 6) is 1.53. The van der Waals surface area contributed by atoms with E-state index in [0.29, 0.717) is 10.9 Å². The Kier molecular flexibility index (Phi) is 5.34. The number of nitrogens with one attached hydrogen (secondary N) is 1. The zero-order valence-corrected chi connectivity index (χ0v) is 14.6. The van der Waals surface area contributed by atoms with E-state index in [9.17, 15) is 4.79 Å². The number of nitrogens with zero attached hydrogens (tertiary/aromatic N) is 4. The second-order valence-electron chi connectivity index (χ2n) is 5.16. The van der Waals surface area contributed by atoms with Gasteiger partial charge in [0.2, 0.25) is 11.1 Å². The molecule has 0 unspecified atom stereocenters. The van der Waals surface area contributed by atoms with Gasteiger partial charge in [-0.3, -0.25) is 4.79 Å². The number of rotatable bonds is 7. The van der Waals surface area contributed by atoms with Crippen molar-refractivity contribution >= 4 is 17.7 Å². The van der Waals surface area contributed by atoms with E-state index in [-0.39, 0.29) is 17.7 Å². The predicted octanol–water partition coefficient (Wildman–Crippen LogP) is 2.23. The van der Waals surface area contributed by atoms with Crippen LogP contribution in [0.1, 0.15) is 18.7 Å². The molecule has 0 aliphatic rings. The van der Waals surface area contributed by atoms with Crippen LogP contribution < -0.4 is 10.1 Å². The van der Waals surface area contributed by atoms with E-state index in [1.807, 2.05) is 37.3 Å². The first-order valence-electron chi connectivity index (χ1n) is 7.55. The molecular formula is C16H17N5O3S. The molecule has 0 spiro atoms. The summed E-state index contributed by atoms with van der Waals surface area (Å²) < 4.78 is 12.0. The minimum absolute atomic E-state index is 0.127. The first-order valence-corrected chi connectivity index (χ1v) is 8.54. The molecule has 0 bridgehead atoms. The summed E-state index contributed by atoms with van der Waals surface area (Å²) in [6.07, 6.45) is 1.58. The second kappa shape index (κ2) is 7.84. The van der Waals surface area contributed by atoms with Crippen LogP contribution >= 0.6 is 11.8 Å². The lowest BCUT2D eigenvalue weighted by Gasteiger charge is -2.11. The van der Waals surface area contributed by atoms with Gasteiger partial charge in [-0.15, -0.1) is 5.10 Å². The first kappa shape index (κ1) is 17.0. The van der Waals surface area contributed by atoms with E-state index in [1.54, 1.807) is 24.1 Å². The zero-order chi connectivity index (χ0) is 17.6. The fraction of sp³-hybridized carbons (Fsp3) is 0.250. The normalized spacial score (nSPS) is 11.9. The van der Waals surface area contributed by atoms with Gasteiger partial charge in [0.1, 0.15) is 11.5 Å². The van der Waals surface area contributed by atoms with Crippen molar-refractivity contribution in [2.24, 2.45) is 0 Å². The number of furan rings is 1. The Labute approximate surface area is 148 Å². The van der Waals surface area contributed by atoms with Crippen molar-refractivity contribution in [3.05, 3.63) is 48.4 Å². The van der Waals surface area contributed by atoms with E-state index in [1.165, 1.54) is 11.8 Å². The lowest BCUT2D eigenvalue weighted by molar-refractivity contribution is -0.119. The molecule has 9 heteroatoms. The van der Waals surface area contributed by atoms with Crippen molar-refractivity contribution in [1.29, 1.82) is 0 Å². The summed E-state index contributed by atoms with van der Waals surface area (Å²) in [4.78, 5) is 12.1. The predicted molar refractivity (Wildman–Crippen MR) is 91.7 cm³/mol. The average molecular weight is 359 g/mol. The van der Waals surface area contributed by atoms with E-state index < -0.39 is 0 Å². The maximum Gasteiger partial charge on any atom is 0.231 e. The van der Waals surface area contributed by atoms with Crippen LogP contribution in [-0.2, 0) is 4.79 Å². The Morgan fingerprint density at radius 2 is 2.16 bits per heavy atom. The number of hydrogen-bond donors (Lipinski definition) is 1. The molecule has 130 valence electrons.